The Bertz CT molecular complexity index is 1470. The van der Waals surface area contributed by atoms with Gasteiger partial charge in [0, 0.05) is 37.7 Å². The number of hydrogen-bond donors (Lipinski definition) is 5. The third-order valence-electron chi connectivity index (χ3n) is 9.57. The average molecular weight is 696 g/mol. The predicted molar refractivity (Wildman–Crippen MR) is 173 cm³/mol. The molecule has 2 amide bonds. The molecule has 1 aliphatic carbocycles. The second-order valence-corrected chi connectivity index (χ2v) is 13.0. The highest BCUT2D eigenvalue weighted by atomic mass is 19.4. The fraction of sp³-hybridized carbons (Fsp3) is 0.529. The Hall–Kier alpha value is -4.30. The number of amides is 2. The van der Waals surface area contributed by atoms with Gasteiger partial charge in [-0.1, -0.05) is 61.7 Å². The van der Waals surface area contributed by atoms with Crippen molar-refractivity contribution in [1.29, 1.82) is 10.8 Å². The molecule has 268 valence electrons. The van der Waals surface area contributed by atoms with E-state index in [0.717, 1.165) is 18.6 Å². The summed E-state index contributed by atoms with van der Waals surface area (Å²) in [5.41, 5.74) is 11.1. The van der Waals surface area contributed by atoms with Gasteiger partial charge < -0.3 is 26.6 Å². The number of nitrogens with one attached hydrogen (secondary N) is 3. The maximum absolute atomic E-state index is 14.4. The smallest absolute Gasteiger partial charge is 0.384 e. The third-order valence-corrected chi connectivity index (χ3v) is 9.57. The van der Waals surface area contributed by atoms with Crippen molar-refractivity contribution in [2.45, 2.75) is 75.7 Å². The van der Waals surface area contributed by atoms with Crippen molar-refractivity contribution in [3.8, 4) is 0 Å². The SMILES string of the molecule is N=C(N)c1ccc(CC(CN(C(=O)C(F)(F)F)C(C(=O)NCC2CCN(C(=N)N)CC2)C2CCCCC2)c2cccc(C(F)(F)F)c2)cc1. The molecule has 0 radical (unpaired) electrons. The lowest BCUT2D eigenvalue weighted by molar-refractivity contribution is -0.190. The lowest BCUT2D eigenvalue weighted by Gasteiger charge is -2.40. The van der Waals surface area contributed by atoms with E-state index in [9.17, 15) is 35.9 Å². The number of hydrogen-bond acceptors (Lipinski definition) is 4. The van der Waals surface area contributed by atoms with Gasteiger partial charge in [0.25, 0.3) is 0 Å². The van der Waals surface area contributed by atoms with Gasteiger partial charge in [0.2, 0.25) is 5.91 Å². The first-order valence-corrected chi connectivity index (χ1v) is 16.4. The number of rotatable bonds is 11. The summed E-state index contributed by atoms with van der Waals surface area (Å²) in [6, 6.07) is 8.99. The fourth-order valence-corrected chi connectivity index (χ4v) is 6.87. The van der Waals surface area contributed by atoms with Crippen molar-refractivity contribution in [2.24, 2.45) is 23.3 Å². The van der Waals surface area contributed by atoms with Gasteiger partial charge in [-0.25, -0.2) is 0 Å². The third kappa shape index (κ3) is 10.1. The van der Waals surface area contributed by atoms with Crippen LogP contribution in [0.1, 0.15) is 73.1 Å². The van der Waals surface area contributed by atoms with Crippen LogP contribution in [-0.4, -0.2) is 71.8 Å². The molecule has 7 N–H and O–H groups in total. The van der Waals surface area contributed by atoms with Crippen LogP contribution < -0.4 is 16.8 Å². The quantitative estimate of drug-likeness (QED) is 0.122. The highest BCUT2D eigenvalue weighted by molar-refractivity contribution is 5.95. The van der Waals surface area contributed by atoms with E-state index in [2.05, 4.69) is 5.32 Å². The van der Waals surface area contributed by atoms with Crippen molar-refractivity contribution in [3.05, 3.63) is 70.8 Å². The molecule has 2 fully saturated rings. The molecule has 4 rings (SSSR count). The number of nitrogens with two attached hydrogens (primary N) is 2. The van der Waals surface area contributed by atoms with Crippen molar-refractivity contribution in [2.75, 3.05) is 26.2 Å². The number of alkyl halides is 6. The maximum atomic E-state index is 14.4. The molecule has 0 bridgehead atoms. The van der Waals surface area contributed by atoms with Crippen molar-refractivity contribution in [1.82, 2.24) is 15.1 Å². The minimum Gasteiger partial charge on any atom is -0.384 e. The number of carbonyl (C=O) groups is 2. The summed E-state index contributed by atoms with van der Waals surface area (Å²) in [4.78, 5) is 29.5. The Kier molecular flexibility index (Phi) is 12.2. The number of benzene rings is 2. The summed E-state index contributed by atoms with van der Waals surface area (Å²) in [6.07, 6.45) is -5.97. The van der Waals surface area contributed by atoms with Gasteiger partial charge in [-0.3, -0.25) is 20.4 Å². The number of guanidine groups is 1. The maximum Gasteiger partial charge on any atom is 0.471 e. The molecule has 2 aliphatic rings. The number of nitrogen functional groups attached to an aromatic ring is 1. The molecule has 0 aromatic heterocycles. The summed E-state index contributed by atoms with van der Waals surface area (Å²) in [6.45, 7) is 0.473. The van der Waals surface area contributed by atoms with Crippen molar-refractivity contribution < 1.29 is 35.9 Å². The minimum absolute atomic E-state index is 0.0193. The van der Waals surface area contributed by atoms with E-state index in [4.69, 9.17) is 22.3 Å². The first kappa shape index (κ1) is 37.5. The van der Waals surface area contributed by atoms with Crippen LogP contribution >= 0.6 is 0 Å². The van der Waals surface area contributed by atoms with E-state index in [-0.39, 0.29) is 36.2 Å². The van der Waals surface area contributed by atoms with Crippen molar-refractivity contribution >= 4 is 23.6 Å². The number of piperidine rings is 1. The molecule has 2 unspecified atom stereocenters. The van der Waals surface area contributed by atoms with E-state index < -0.39 is 54.2 Å². The molecule has 2 aromatic carbocycles. The van der Waals surface area contributed by atoms with E-state index in [1.165, 1.54) is 24.3 Å². The largest absolute Gasteiger partial charge is 0.471 e. The molecular weight excluding hydrogens is 652 g/mol. The number of amidine groups is 1. The summed E-state index contributed by atoms with van der Waals surface area (Å²) in [5.74, 6) is -4.90. The monoisotopic (exact) mass is 695 g/mol. The van der Waals surface area contributed by atoms with Crippen LogP contribution in [-0.2, 0) is 22.2 Å². The highest BCUT2D eigenvalue weighted by Gasteiger charge is 2.49. The number of carbonyl (C=O) groups excluding carboxylic acids is 2. The van der Waals surface area contributed by atoms with Crippen LogP contribution in [0.25, 0.3) is 0 Å². The van der Waals surface area contributed by atoms with Gasteiger partial charge in [0.1, 0.15) is 11.9 Å². The minimum atomic E-state index is -5.35. The molecule has 2 atom stereocenters. The van der Waals surface area contributed by atoms with Crippen LogP contribution in [0.2, 0.25) is 0 Å². The number of likely N-dealkylation sites (tertiary alicyclic amines) is 1. The average Bonchev–Trinajstić information content (AvgIpc) is 3.06. The molecule has 0 spiro atoms. The van der Waals surface area contributed by atoms with Gasteiger partial charge in [0.05, 0.1) is 5.56 Å². The van der Waals surface area contributed by atoms with Gasteiger partial charge in [-0.15, -0.1) is 0 Å². The van der Waals surface area contributed by atoms with Crippen LogP contribution in [0.4, 0.5) is 26.3 Å². The fourth-order valence-electron chi connectivity index (χ4n) is 6.87. The zero-order valence-corrected chi connectivity index (χ0v) is 27.0. The van der Waals surface area contributed by atoms with Gasteiger partial charge in [-0.05, 0) is 61.1 Å². The molecule has 15 heteroatoms. The Balaban J connectivity index is 1.71. The molecule has 1 heterocycles. The Labute approximate surface area is 281 Å². The molecule has 1 saturated carbocycles. The van der Waals surface area contributed by atoms with Crippen LogP contribution in [0, 0.1) is 22.7 Å². The molecular formula is C34H43F6N7O2. The van der Waals surface area contributed by atoms with E-state index in [1.807, 2.05) is 0 Å². The van der Waals surface area contributed by atoms with E-state index >= 15 is 0 Å². The summed E-state index contributed by atoms with van der Waals surface area (Å²) >= 11 is 0. The lowest BCUT2D eigenvalue weighted by Crippen LogP contribution is -2.58. The predicted octanol–water partition coefficient (Wildman–Crippen LogP) is 5.38. The van der Waals surface area contributed by atoms with Crippen LogP contribution in [0.15, 0.2) is 48.5 Å². The van der Waals surface area contributed by atoms with Gasteiger partial charge in [-0.2, -0.15) is 26.3 Å². The standard InChI is InChI=1S/C34H43F6N7O2/c35-33(36,37)27-8-4-7-25(18-27)26(17-21-9-11-24(12-10-21)29(41)42)20-47(31(49)34(38,39)40)28(23-5-2-1-3-6-23)30(48)45-19-22-13-15-46(16-14-22)32(43)44/h4,7-12,18,22-23,26,28H,1-3,5-6,13-17,19-20H2,(H3,41,42)(H3,43,44)(H,45,48). The first-order chi connectivity index (χ1) is 23.0. The Morgan fingerprint density at radius 1 is 0.918 bits per heavy atom. The van der Waals surface area contributed by atoms with E-state index in [0.29, 0.717) is 67.6 Å². The molecule has 49 heavy (non-hydrogen) atoms. The number of nitrogens with zero attached hydrogens (tertiary/aromatic N) is 2. The second-order valence-electron chi connectivity index (χ2n) is 13.0. The summed E-state index contributed by atoms with van der Waals surface area (Å²) in [7, 11) is 0. The van der Waals surface area contributed by atoms with Gasteiger partial charge >= 0.3 is 18.3 Å². The van der Waals surface area contributed by atoms with Gasteiger partial charge in [0.15, 0.2) is 5.96 Å². The van der Waals surface area contributed by atoms with Crippen molar-refractivity contribution in [3.63, 3.8) is 0 Å². The first-order valence-electron chi connectivity index (χ1n) is 16.4. The lowest BCUT2D eigenvalue weighted by atomic mass is 9.81. The Morgan fingerprint density at radius 3 is 2.10 bits per heavy atom. The van der Waals surface area contributed by atoms with E-state index in [1.54, 1.807) is 17.0 Å². The molecule has 1 saturated heterocycles. The molecule has 2 aromatic rings. The highest BCUT2D eigenvalue weighted by Crippen LogP contribution is 2.36. The summed E-state index contributed by atoms with van der Waals surface area (Å²) < 4.78 is 84.4. The zero-order valence-electron chi connectivity index (χ0n) is 27.0. The second kappa shape index (κ2) is 15.9. The summed E-state index contributed by atoms with van der Waals surface area (Å²) in [5, 5.41) is 18.1. The normalized spacial score (nSPS) is 17.6. The van der Waals surface area contributed by atoms with Crippen LogP contribution in [0.5, 0.6) is 0 Å². The van der Waals surface area contributed by atoms with Crippen LogP contribution in [0.3, 0.4) is 0 Å². The molecule has 9 nitrogen and oxygen atoms in total. The Morgan fingerprint density at radius 2 is 1.55 bits per heavy atom. The number of halogens is 6. The topological polar surface area (TPSA) is 152 Å². The zero-order chi connectivity index (χ0) is 35.9. The molecule has 1 aliphatic heterocycles.